The number of carboxylic acids is 1. The Kier molecular flexibility index (Phi) is 2.86. The predicted octanol–water partition coefficient (Wildman–Crippen LogP) is 1.86. The van der Waals surface area contributed by atoms with E-state index in [-0.39, 0.29) is 12.0 Å². The average Bonchev–Trinajstić information content (AvgIpc) is 3.00. The van der Waals surface area contributed by atoms with Gasteiger partial charge in [0.05, 0.1) is 17.8 Å². The molecule has 5 nitrogen and oxygen atoms in total. The molecule has 0 aromatic carbocycles. The molecule has 3 rings (SSSR count). The number of nitrogens with zero attached hydrogens (tertiary/aromatic N) is 2. The van der Waals surface area contributed by atoms with E-state index in [2.05, 4.69) is 10.3 Å². The summed E-state index contributed by atoms with van der Waals surface area (Å²) in [6, 6.07) is 5.39. The van der Waals surface area contributed by atoms with E-state index in [0.717, 1.165) is 24.9 Å². The molecule has 0 radical (unpaired) electrons. The van der Waals surface area contributed by atoms with Crippen LogP contribution in [0.4, 0.5) is 5.69 Å². The number of aliphatic carboxylic acids is 1. The fourth-order valence-corrected chi connectivity index (χ4v) is 3.59. The number of carboxylic acid groups (broad SMARTS) is 1. The third-order valence-corrected chi connectivity index (χ3v) is 4.41. The van der Waals surface area contributed by atoms with E-state index >= 15 is 0 Å². The van der Waals surface area contributed by atoms with Crippen molar-refractivity contribution in [2.75, 3.05) is 5.32 Å². The summed E-state index contributed by atoms with van der Waals surface area (Å²) in [4.78, 5) is 15.4. The largest absolute Gasteiger partial charge is 0.481 e. The number of pyridine rings is 1. The number of hydrogen-bond donors (Lipinski definition) is 2. The summed E-state index contributed by atoms with van der Waals surface area (Å²) < 4.78 is 0. The Bertz CT molecular complexity index is 535. The average molecular weight is 257 g/mol. The lowest BCUT2D eigenvalue weighted by atomic mass is 9.84. The lowest BCUT2D eigenvalue weighted by Gasteiger charge is -2.29. The van der Waals surface area contributed by atoms with E-state index in [0.29, 0.717) is 17.5 Å². The van der Waals surface area contributed by atoms with Crippen LogP contribution in [0, 0.1) is 29.1 Å². The first-order chi connectivity index (χ1) is 9.19. The number of fused-ring (bicyclic) bond motifs is 2. The van der Waals surface area contributed by atoms with Crippen LogP contribution >= 0.6 is 0 Å². The molecule has 2 aliphatic carbocycles. The minimum atomic E-state index is -0.702. The summed E-state index contributed by atoms with van der Waals surface area (Å²) in [7, 11) is 0. The molecule has 2 fully saturated rings. The number of nitrogens with one attached hydrogen (secondary N) is 1. The van der Waals surface area contributed by atoms with Crippen molar-refractivity contribution in [3.8, 4) is 6.07 Å². The van der Waals surface area contributed by atoms with Gasteiger partial charge < -0.3 is 10.4 Å². The molecular formula is C14H15N3O2. The quantitative estimate of drug-likeness (QED) is 0.863. The third-order valence-electron chi connectivity index (χ3n) is 4.41. The van der Waals surface area contributed by atoms with E-state index in [1.807, 2.05) is 6.07 Å². The zero-order valence-electron chi connectivity index (χ0n) is 10.4. The van der Waals surface area contributed by atoms with Gasteiger partial charge in [0.25, 0.3) is 0 Å². The van der Waals surface area contributed by atoms with Gasteiger partial charge in [-0.2, -0.15) is 5.26 Å². The maximum atomic E-state index is 11.4. The Morgan fingerprint density at radius 1 is 1.42 bits per heavy atom. The van der Waals surface area contributed by atoms with Crippen molar-refractivity contribution >= 4 is 11.7 Å². The molecule has 0 spiro atoms. The molecule has 2 N–H and O–H groups in total. The van der Waals surface area contributed by atoms with Crippen LogP contribution in [0.5, 0.6) is 0 Å². The molecule has 1 aromatic heterocycles. The van der Waals surface area contributed by atoms with Crippen molar-refractivity contribution in [3.05, 3.63) is 24.0 Å². The Balaban J connectivity index is 1.78. The van der Waals surface area contributed by atoms with Crippen LogP contribution in [0.1, 0.15) is 25.0 Å². The van der Waals surface area contributed by atoms with Crippen molar-refractivity contribution in [3.63, 3.8) is 0 Å². The standard InChI is InChI=1S/C14H15N3O2/c15-6-10-3-4-11(7-16-10)17-13-9-2-1-8(5-9)12(13)14(18)19/h3-4,7-9,12-13,17H,1-2,5H2,(H,18,19). The van der Waals surface area contributed by atoms with Crippen molar-refractivity contribution < 1.29 is 9.90 Å². The summed E-state index contributed by atoms with van der Waals surface area (Å²) in [5, 5.41) is 21.4. The van der Waals surface area contributed by atoms with Gasteiger partial charge in [0, 0.05) is 6.04 Å². The number of carbonyl (C=O) groups is 1. The molecule has 2 saturated carbocycles. The minimum absolute atomic E-state index is 0.00835. The SMILES string of the molecule is N#Cc1ccc(NC2C3CCC(C3)C2C(=O)O)cn1. The van der Waals surface area contributed by atoms with Crippen LogP contribution in [0.3, 0.4) is 0 Å². The van der Waals surface area contributed by atoms with Crippen molar-refractivity contribution in [1.82, 2.24) is 4.98 Å². The zero-order chi connectivity index (χ0) is 13.4. The third kappa shape index (κ3) is 2.03. The monoisotopic (exact) mass is 257 g/mol. The van der Waals surface area contributed by atoms with Crippen LogP contribution in [-0.2, 0) is 4.79 Å². The predicted molar refractivity (Wildman–Crippen MR) is 68.3 cm³/mol. The summed E-state index contributed by atoms with van der Waals surface area (Å²) in [6.45, 7) is 0. The van der Waals surface area contributed by atoms with Gasteiger partial charge in [0.1, 0.15) is 11.8 Å². The van der Waals surface area contributed by atoms with E-state index < -0.39 is 5.97 Å². The van der Waals surface area contributed by atoms with Gasteiger partial charge in [-0.1, -0.05) is 0 Å². The van der Waals surface area contributed by atoms with Crippen LogP contribution in [0.25, 0.3) is 0 Å². The topological polar surface area (TPSA) is 86.0 Å². The lowest BCUT2D eigenvalue weighted by Crippen LogP contribution is -2.39. The number of anilines is 1. The summed E-state index contributed by atoms with van der Waals surface area (Å²) in [6.07, 6.45) is 4.75. The van der Waals surface area contributed by atoms with E-state index in [4.69, 9.17) is 5.26 Å². The molecule has 5 heteroatoms. The minimum Gasteiger partial charge on any atom is -0.481 e. The number of nitriles is 1. The molecule has 98 valence electrons. The Morgan fingerprint density at radius 3 is 2.84 bits per heavy atom. The fourth-order valence-electron chi connectivity index (χ4n) is 3.59. The van der Waals surface area contributed by atoms with Crippen molar-refractivity contribution in [2.45, 2.75) is 25.3 Å². The normalized spacial score (nSPS) is 31.9. The Morgan fingerprint density at radius 2 is 2.21 bits per heavy atom. The van der Waals surface area contributed by atoms with E-state index in [9.17, 15) is 9.90 Å². The molecule has 0 saturated heterocycles. The first-order valence-corrected chi connectivity index (χ1v) is 6.54. The second-order valence-electron chi connectivity index (χ2n) is 5.41. The number of hydrogen-bond acceptors (Lipinski definition) is 4. The number of rotatable bonds is 3. The maximum Gasteiger partial charge on any atom is 0.308 e. The molecule has 2 bridgehead atoms. The summed E-state index contributed by atoms with van der Waals surface area (Å²) >= 11 is 0. The molecule has 4 unspecified atom stereocenters. The lowest BCUT2D eigenvalue weighted by molar-refractivity contribution is -0.143. The molecule has 0 amide bonds. The zero-order valence-corrected chi connectivity index (χ0v) is 10.4. The maximum absolute atomic E-state index is 11.4. The van der Waals surface area contributed by atoms with Crippen LogP contribution < -0.4 is 5.32 Å². The second-order valence-corrected chi connectivity index (χ2v) is 5.41. The van der Waals surface area contributed by atoms with Gasteiger partial charge in [-0.3, -0.25) is 4.79 Å². The molecule has 1 heterocycles. The van der Waals surface area contributed by atoms with Gasteiger partial charge in [-0.05, 0) is 43.2 Å². The van der Waals surface area contributed by atoms with Gasteiger partial charge in [-0.15, -0.1) is 0 Å². The van der Waals surface area contributed by atoms with Gasteiger partial charge >= 0.3 is 5.97 Å². The summed E-state index contributed by atoms with van der Waals surface area (Å²) in [5.41, 5.74) is 1.16. The van der Waals surface area contributed by atoms with E-state index in [1.54, 1.807) is 18.3 Å². The highest BCUT2D eigenvalue weighted by molar-refractivity contribution is 5.73. The fraction of sp³-hybridized carbons (Fsp3) is 0.500. The highest BCUT2D eigenvalue weighted by atomic mass is 16.4. The number of aromatic nitrogens is 1. The Labute approximate surface area is 111 Å². The van der Waals surface area contributed by atoms with Crippen molar-refractivity contribution in [2.24, 2.45) is 17.8 Å². The molecule has 19 heavy (non-hydrogen) atoms. The summed E-state index contributed by atoms with van der Waals surface area (Å²) in [5.74, 6) is -0.242. The smallest absolute Gasteiger partial charge is 0.308 e. The highest BCUT2D eigenvalue weighted by Gasteiger charge is 2.51. The Hall–Kier alpha value is -2.09. The first kappa shape index (κ1) is 12.0. The van der Waals surface area contributed by atoms with Crippen LogP contribution in [-0.4, -0.2) is 22.1 Å². The van der Waals surface area contributed by atoms with Crippen LogP contribution in [0.2, 0.25) is 0 Å². The molecule has 0 aliphatic heterocycles. The van der Waals surface area contributed by atoms with Crippen LogP contribution in [0.15, 0.2) is 18.3 Å². The van der Waals surface area contributed by atoms with Gasteiger partial charge in [0.15, 0.2) is 0 Å². The van der Waals surface area contributed by atoms with E-state index in [1.165, 1.54) is 0 Å². The molecular weight excluding hydrogens is 242 g/mol. The molecule has 1 aromatic rings. The second kappa shape index (κ2) is 4.54. The molecule has 2 aliphatic rings. The van der Waals surface area contributed by atoms with Gasteiger partial charge in [0.2, 0.25) is 0 Å². The van der Waals surface area contributed by atoms with Gasteiger partial charge in [-0.25, -0.2) is 4.98 Å². The molecule has 4 atom stereocenters. The first-order valence-electron chi connectivity index (χ1n) is 6.54. The highest BCUT2D eigenvalue weighted by Crippen LogP contribution is 2.49. The van der Waals surface area contributed by atoms with Crippen molar-refractivity contribution in [1.29, 1.82) is 5.26 Å².